The molecular formula is C28H42F2N6O2S. The van der Waals surface area contributed by atoms with Crippen molar-refractivity contribution in [2.75, 3.05) is 18.7 Å². The number of aryl methyl sites for hydroxylation is 1. The molecule has 39 heavy (non-hydrogen) atoms. The minimum Gasteiger partial charge on any atom is -0.348 e. The number of nitrogens with one attached hydrogen (secondary N) is 1. The maximum absolute atomic E-state index is 13.7. The van der Waals surface area contributed by atoms with Crippen LogP contribution in [0.5, 0.6) is 0 Å². The van der Waals surface area contributed by atoms with Crippen molar-refractivity contribution in [3.8, 4) is 0 Å². The van der Waals surface area contributed by atoms with Gasteiger partial charge in [0.25, 0.3) is 0 Å². The van der Waals surface area contributed by atoms with Gasteiger partial charge in [-0.2, -0.15) is 0 Å². The van der Waals surface area contributed by atoms with Crippen LogP contribution in [0, 0.1) is 12.8 Å². The molecule has 2 aliphatic heterocycles. The Kier molecular flexibility index (Phi) is 8.31. The summed E-state index contributed by atoms with van der Waals surface area (Å²) in [7, 11) is 1.58. The van der Waals surface area contributed by atoms with Gasteiger partial charge >= 0.3 is 0 Å². The third-order valence-electron chi connectivity index (χ3n) is 8.99. The van der Waals surface area contributed by atoms with Gasteiger partial charge < -0.3 is 9.88 Å². The van der Waals surface area contributed by atoms with E-state index < -0.39 is 5.92 Å². The van der Waals surface area contributed by atoms with Crippen LogP contribution in [0.15, 0.2) is 12.1 Å². The number of carbonyl (C=O) groups is 1. The zero-order chi connectivity index (χ0) is 27.9. The maximum atomic E-state index is 13.7. The highest BCUT2D eigenvalue weighted by Crippen LogP contribution is 2.43. The summed E-state index contributed by atoms with van der Waals surface area (Å²) < 4.78 is 29.7. The number of hydrogen-bond acceptors (Lipinski definition) is 7. The van der Waals surface area contributed by atoms with E-state index >= 15 is 0 Å². The highest BCUT2D eigenvalue weighted by Gasteiger charge is 2.43. The van der Waals surface area contributed by atoms with Gasteiger partial charge in [-0.3, -0.25) is 20.0 Å². The van der Waals surface area contributed by atoms with Gasteiger partial charge in [0, 0.05) is 61.3 Å². The molecule has 2 bridgehead atoms. The minimum absolute atomic E-state index is 0.131. The van der Waals surface area contributed by atoms with Crippen LogP contribution in [-0.4, -0.2) is 62.4 Å². The molecule has 11 heteroatoms. The molecule has 1 amide bonds. The summed E-state index contributed by atoms with van der Waals surface area (Å²) in [6, 6.07) is 4.96. The number of hydroxylamine groups is 1. The van der Waals surface area contributed by atoms with Gasteiger partial charge in [0.15, 0.2) is 0 Å². The fourth-order valence-electron chi connectivity index (χ4n) is 6.91. The Morgan fingerprint density at radius 2 is 1.82 bits per heavy atom. The normalized spacial score (nSPS) is 26.2. The summed E-state index contributed by atoms with van der Waals surface area (Å²) in [5.41, 5.74) is 0. The molecule has 5 rings (SSSR count). The summed E-state index contributed by atoms with van der Waals surface area (Å²) >= 11 is 1.45. The molecule has 0 radical (unpaired) electrons. The number of carbonyl (C=O) groups excluding carboxylic acids is 1. The Morgan fingerprint density at radius 1 is 1.15 bits per heavy atom. The van der Waals surface area contributed by atoms with Gasteiger partial charge in [-0.25, -0.2) is 8.78 Å². The van der Waals surface area contributed by atoms with E-state index in [1.54, 1.807) is 7.05 Å². The SMILES string of the molecule is Cc1nnc(C(C)C)n1C1CC2CCC(C1)N2CC[C@H](NC(=O)C1CCC(F)(F)CC1)c1ccc(N(C)O)s1. The Balaban J connectivity index is 1.26. The van der Waals surface area contributed by atoms with Crippen molar-refractivity contribution in [3.63, 3.8) is 0 Å². The molecule has 8 nitrogen and oxygen atoms in total. The molecule has 0 aromatic carbocycles. The molecule has 3 aliphatic rings. The molecule has 2 unspecified atom stereocenters. The number of halogens is 2. The van der Waals surface area contributed by atoms with Crippen LogP contribution < -0.4 is 10.4 Å². The Hall–Kier alpha value is -2.11. The van der Waals surface area contributed by atoms with Crippen LogP contribution in [0.3, 0.4) is 0 Å². The van der Waals surface area contributed by atoms with Crippen molar-refractivity contribution < 1.29 is 18.8 Å². The number of piperidine rings is 1. The second-order valence-electron chi connectivity index (χ2n) is 12.1. The average Bonchev–Trinajstić information content (AvgIpc) is 3.58. The van der Waals surface area contributed by atoms with E-state index in [0.29, 0.717) is 29.0 Å². The standard InChI is InChI=1S/C28H42F2N6O2S/c1-17(2)26-33-32-18(3)36(26)22-15-20-5-6-21(16-22)35(20)14-11-23(24-7-8-25(39-24)34(4)38)31-27(37)19-9-12-28(29,30)13-10-19/h7-8,17,19-23,38H,5-6,9-16H2,1-4H3,(H,31,37)/t20?,21?,22?,23-/m0/s1. The van der Waals surface area contributed by atoms with E-state index in [9.17, 15) is 18.8 Å². The molecule has 0 spiro atoms. The first-order valence-electron chi connectivity index (χ1n) is 14.4. The van der Waals surface area contributed by atoms with E-state index in [-0.39, 0.29) is 43.6 Å². The lowest BCUT2D eigenvalue weighted by Gasteiger charge is -2.40. The molecule has 1 saturated carbocycles. The van der Waals surface area contributed by atoms with Crippen LogP contribution in [0.25, 0.3) is 0 Å². The molecule has 2 saturated heterocycles. The number of nitrogens with zero attached hydrogens (tertiary/aromatic N) is 5. The molecule has 4 heterocycles. The highest BCUT2D eigenvalue weighted by molar-refractivity contribution is 7.16. The predicted molar refractivity (Wildman–Crippen MR) is 148 cm³/mol. The molecule has 3 fully saturated rings. The largest absolute Gasteiger partial charge is 0.348 e. The van der Waals surface area contributed by atoms with Gasteiger partial charge in [-0.15, -0.1) is 21.5 Å². The van der Waals surface area contributed by atoms with Crippen molar-refractivity contribution in [1.29, 1.82) is 0 Å². The second-order valence-corrected chi connectivity index (χ2v) is 13.2. The lowest BCUT2D eigenvalue weighted by atomic mass is 9.86. The topological polar surface area (TPSA) is 86.5 Å². The monoisotopic (exact) mass is 564 g/mol. The molecular weight excluding hydrogens is 522 g/mol. The quantitative estimate of drug-likeness (QED) is 0.372. The van der Waals surface area contributed by atoms with Crippen molar-refractivity contribution in [2.24, 2.45) is 5.92 Å². The van der Waals surface area contributed by atoms with Gasteiger partial charge in [0.05, 0.1) is 6.04 Å². The first-order chi connectivity index (χ1) is 18.5. The van der Waals surface area contributed by atoms with Gasteiger partial charge in [0.2, 0.25) is 11.8 Å². The highest BCUT2D eigenvalue weighted by atomic mass is 32.1. The van der Waals surface area contributed by atoms with Crippen LogP contribution in [0.4, 0.5) is 13.8 Å². The lowest BCUT2D eigenvalue weighted by Crippen LogP contribution is -2.45. The Labute approximate surface area is 233 Å². The van der Waals surface area contributed by atoms with Crippen LogP contribution >= 0.6 is 11.3 Å². The smallest absolute Gasteiger partial charge is 0.248 e. The second kappa shape index (κ2) is 11.4. The fraction of sp³-hybridized carbons (Fsp3) is 0.750. The van der Waals surface area contributed by atoms with E-state index in [0.717, 1.165) is 47.4 Å². The van der Waals surface area contributed by atoms with Gasteiger partial charge in [-0.05, 0) is 64.0 Å². The zero-order valence-electron chi connectivity index (χ0n) is 23.4. The first kappa shape index (κ1) is 28.4. The number of hydrogen-bond donors (Lipinski definition) is 2. The van der Waals surface area contributed by atoms with E-state index in [1.807, 2.05) is 19.1 Å². The number of alkyl halides is 2. The third kappa shape index (κ3) is 6.15. The fourth-order valence-corrected chi connectivity index (χ4v) is 7.88. The molecule has 2 N–H and O–H groups in total. The lowest BCUT2D eigenvalue weighted by molar-refractivity contribution is -0.130. The summed E-state index contributed by atoms with van der Waals surface area (Å²) in [5.74, 6) is -0.777. The molecule has 2 aromatic rings. The minimum atomic E-state index is -2.66. The van der Waals surface area contributed by atoms with Crippen LogP contribution in [-0.2, 0) is 4.79 Å². The number of rotatable bonds is 9. The van der Waals surface area contributed by atoms with Gasteiger partial charge in [0.1, 0.15) is 16.6 Å². The molecule has 3 atom stereocenters. The number of aromatic nitrogens is 3. The van der Waals surface area contributed by atoms with Crippen molar-refractivity contribution >= 4 is 22.2 Å². The Bertz CT molecular complexity index is 1130. The number of fused-ring (bicyclic) bond motifs is 2. The van der Waals surface area contributed by atoms with Crippen LogP contribution in [0.1, 0.15) is 106 Å². The molecule has 2 aromatic heterocycles. The molecule has 1 aliphatic carbocycles. The summed E-state index contributed by atoms with van der Waals surface area (Å²) in [6.45, 7) is 7.24. The van der Waals surface area contributed by atoms with Gasteiger partial charge in [-0.1, -0.05) is 13.8 Å². The number of amides is 1. The summed E-state index contributed by atoms with van der Waals surface area (Å²) in [4.78, 5) is 16.8. The zero-order valence-corrected chi connectivity index (χ0v) is 24.3. The Morgan fingerprint density at radius 3 is 2.41 bits per heavy atom. The number of thiophene rings is 1. The van der Waals surface area contributed by atoms with E-state index in [1.165, 1.54) is 24.2 Å². The summed E-state index contributed by atoms with van der Waals surface area (Å²) in [5, 5.41) is 23.7. The van der Waals surface area contributed by atoms with Crippen LogP contribution in [0.2, 0.25) is 0 Å². The van der Waals surface area contributed by atoms with Crippen molar-refractivity contribution in [2.45, 2.75) is 115 Å². The van der Waals surface area contributed by atoms with E-state index in [2.05, 4.69) is 38.8 Å². The first-order valence-corrected chi connectivity index (χ1v) is 15.2. The van der Waals surface area contributed by atoms with Crippen molar-refractivity contribution in [1.82, 2.24) is 25.0 Å². The average molecular weight is 565 g/mol. The van der Waals surface area contributed by atoms with E-state index in [4.69, 9.17) is 0 Å². The number of anilines is 1. The van der Waals surface area contributed by atoms with Crippen molar-refractivity contribution in [3.05, 3.63) is 28.7 Å². The summed E-state index contributed by atoms with van der Waals surface area (Å²) in [6.07, 6.45) is 5.22. The predicted octanol–water partition coefficient (Wildman–Crippen LogP) is 5.84. The third-order valence-corrected chi connectivity index (χ3v) is 10.3. The maximum Gasteiger partial charge on any atom is 0.248 e. The molecule has 216 valence electrons.